The zero-order valence-corrected chi connectivity index (χ0v) is 50.8. The summed E-state index contributed by atoms with van der Waals surface area (Å²) in [5, 5.41) is 14.0. The van der Waals surface area contributed by atoms with E-state index in [0.717, 1.165) is 38.5 Å². The van der Waals surface area contributed by atoms with Gasteiger partial charge in [-0.25, -0.2) is 0 Å². The van der Waals surface area contributed by atoms with Crippen molar-refractivity contribution in [1.29, 1.82) is 0 Å². The van der Waals surface area contributed by atoms with Gasteiger partial charge in [-0.15, -0.1) is 0 Å². The summed E-state index contributed by atoms with van der Waals surface area (Å²) in [5.74, 6) is -0.157. The summed E-state index contributed by atoms with van der Waals surface area (Å²) in [4.78, 5) is 25.6. The van der Waals surface area contributed by atoms with E-state index in [0.29, 0.717) is 23.9 Å². The van der Waals surface area contributed by atoms with Crippen LogP contribution in [-0.2, 0) is 18.4 Å². The minimum atomic E-state index is -4.57. The highest BCUT2D eigenvalue weighted by Gasteiger charge is 2.24. The van der Waals surface area contributed by atoms with E-state index in [2.05, 4.69) is 31.3 Å². The van der Waals surface area contributed by atoms with Gasteiger partial charge in [0.1, 0.15) is 13.2 Å². The molecule has 0 aromatic rings. The average molecular weight is 1050 g/mol. The van der Waals surface area contributed by atoms with Crippen LogP contribution in [0.3, 0.4) is 0 Å². The summed E-state index contributed by atoms with van der Waals surface area (Å²) in [6.45, 7) is 4.77. The molecule has 2 N–H and O–H groups in total. The monoisotopic (exact) mass is 1050 g/mol. The second-order valence-corrected chi connectivity index (χ2v) is 25.2. The van der Waals surface area contributed by atoms with Gasteiger partial charge in [0.2, 0.25) is 5.91 Å². The minimum absolute atomic E-state index is 0.0158. The number of quaternary nitrogens is 1. The molecule has 0 bridgehead atoms. The maximum absolute atomic E-state index is 13.0. The van der Waals surface area contributed by atoms with Crippen LogP contribution in [0.15, 0.2) is 12.2 Å². The van der Waals surface area contributed by atoms with Gasteiger partial charge < -0.3 is 28.8 Å². The number of aliphatic hydroxyl groups is 1. The highest BCUT2D eigenvalue weighted by Crippen LogP contribution is 2.38. The zero-order valence-electron chi connectivity index (χ0n) is 49.9. The van der Waals surface area contributed by atoms with Gasteiger partial charge >= 0.3 is 0 Å². The molecule has 8 nitrogen and oxygen atoms in total. The molecule has 3 unspecified atom stereocenters. The van der Waals surface area contributed by atoms with E-state index >= 15 is 0 Å². The van der Waals surface area contributed by atoms with E-state index in [1.54, 1.807) is 0 Å². The Morgan fingerprint density at radius 3 is 1.07 bits per heavy atom. The van der Waals surface area contributed by atoms with Gasteiger partial charge in [0, 0.05) is 6.42 Å². The first kappa shape index (κ1) is 72.2. The first-order valence-corrected chi connectivity index (χ1v) is 34.0. The molecule has 73 heavy (non-hydrogen) atoms. The van der Waals surface area contributed by atoms with Crippen LogP contribution in [0.5, 0.6) is 0 Å². The highest BCUT2D eigenvalue weighted by molar-refractivity contribution is 7.45. The fourth-order valence-electron chi connectivity index (χ4n) is 10.2. The normalized spacial score (nSPS) is 13.8. The number of rotatable bonds is 61. The zero-order chi connectivity index (χ0) is 53.5. The molecule has 0 saturated heterocycles. The Balaban J connectivity index is 3.92. The van der Waals surface area contributed by atoms with Gasteiger partial charge in [0.05, 0.1) is 39.9 Å². The fourth-order valence-corrected chi connectivity index (χ4v) is 10.9. The molecule has 0 aliphatic carbocycles. The number of amides is 1. The summed E-state index contributed by atoms with van der Waals surface area (Å²) in [5.41, 5.74) is 0. The molecule has 0 aromatic carbocycles. The number of aliphatic hydroxyl groups excluding tert-OH is 1. The molecule has 0 aliphatic rings. The van der Waals surface area contributed by atoms with Crippen molar-refractivity contribution in [3.63, 3.8) is 0 Å². The van der Waals surface area contributed by atoms with Crippen LogP contribution < -0.4 is 10.2 Å². The number of allylic oxidation sites excluding steroid dienone is 2. The number of unbranched alkanes of at least 4 members (excludes halogenated alkanes) is 46. The van der Waals surface area contributed by atoms with Crippen LogP contribution in [0.4, 0.5) is 0 Å². The van der Waals surface area contributed by atoms with Crippen molar-refractivity contribution in [2.75, 3.05) is 40.9 Å². The lowest BCUT2D eigenvalue weighted by Crippen LogP contribution is -2.46. The van der Waals surface area contributed by atoms with Gasteiger partial charge in [0.15, 0.2) is 0 Å². The molecule has 0 radical (unpaired) electrons. The topological polar surface area (TPSA) is 108 Å². The highest BCUT2D eigenvalue weighted by atomic mass is 31.2. The third-order valence-electron chi connectivity index (χ3n) is 15.3. The van der Waals surface area contributed by atoms with Crippen molar-refractivity contribution in [3.8, 4) is 0 Å². The first-order chi connectivity index (χ1) is 35.5. The summed E-state index contributed by atoms with van der Waals surface area (Å²) in [6.07, 6.45) is 69.9. The van der Waals surface area contributed by atoms with Crippen LogP contribution in [0.2, 0.25) is 0 Å². The van der Waals surface area contributed by atoms with E-state index in [9.17, 15) is 19.4 Å². The van der Waals surface area contributed by atoms with Gasteiger partial charge in [-0.05, 0) is 38.5 Å². The molecule has 0 spiro atoms. The molecule has 1 amide bonds. The molecule has 0 rings (SSSR count). The fraction of sp³-hybridized carbons (Fsp3) is 0.953. The lowest BCUT2D eigenvalue weighted by Gasteiger charge is -2.30. The lowest BCUT2D eigenvalue weighted by molar-refractivity contribution is -0.870. The predicted molar refractivity (Wildman–Crippen MR) is 316 cm³/mol. The number of phosphoric ester groups is 1. The van der Waals surface area contributed by atoms with Crippen LogP contribution in [0, 0.1) is 0 Å². The molecular weight excluding hydrogens is 924 g/mol. The van der Waals surface area contributed by atoms with Gasteiger partial charge in [-0.3, -0.25) is 9.36 Å². The van der Waals surface area contributed by atoms with Gasteiger partial charge in [0.25, 0.3) is 7.82 Å². The Hall–Kier alpha value is -0.760. The van der Waals surface area contributed by atoms with Crippen molar-refractivity contribution >= 4 is 13.7 Å². The number of carbonyl (C=O) groups is 1. The SMILES string of the molecule is CCCCCCCCCC/C=C\CCCCCCCCCCCCCCCCCCCCCCCCCC(=O)NC(COP(=O)([O-])OCC[N+](C)(C)C)C(O)CCCCCCCCCCCCCCCCCC. The molecule has 0 aromatic heterocycles. The van der Waals surface area contributed by atoms with Gasteiger partial charge in [-0.2, -0.15) is 0 Å². The van der Waals surface area contributed by atoms with Gasteiger partial charge in [-0.1, -0.05) is 309 Å². The third kappa shape index (κ3) is 58.8. The molecule has 3 atom stereocenters. The summed E-state index contributed by atoms with van der Waals surface area (Å²) in [7, 11) is 1.32. The number of likely N-dealkylation sites (N-methyl/N-ethyl adjacent to an activating group) is 1. The average Bonchev–Trinajstić information content (AvgIpc) is 3.35. The Bertz CT molecular complexity index is 1200. The number of nitrogens with one attached hydrogen (secondary N) is 1. The Morgan fingerprint density at radius 2 is 0.753 bits per heavy atom. The first-order valence-electron chi connectivity index (χ1n) is 32.5. The van der Waals surface area contributed by atoms with E-state index < -0.39 is 20.0 Å². The number of carbonyl (C=O) groups excluding carboxylic acids is 1. The number of hydrogen-bond donors (Lipinski definition) is 2. The Labute approximate surface area is 456 Å². The maximum atomic E-state index is 13.0. The van der Waals surface area contributed by atoms with E-state index in [4.69, 9.17) is 9.05 Å². The summed E-state index contributed by atoms with van der Waals surface area (Å²) < 4.78 is 23.5. The standard InChI is InChI=1S/C64H129N2O6P/c1-6-8-10-12-14-16-18-20-22-24-25-26-27-28-29-30-31-32-33-34-35-36-37-38-39-40-41-42-44-46-48-50-52-54-56-58-64(68)65-62(61-72-73(69,70)71-60-59-66(3,4)5)63(67)57-55-53-51-49-47-45-43-23-21-19-17-15-13-11-9-7-2/h24-25,62-63,67H,6-23,26-61H2,1-5H3,(H-,65,68,69,70)/b25-24-. The van der Waals surface area contributed by atoms with E-state index in [1.807, 2.05) is 21.1 Å². The van der Waals surface area contributed by atoms with Crippen LogP contribution in [0.25, 0.3) is 0 Å². The smallest absolute Gasteiger partial charge is 0.268 e. The maximum Gasteiger partial charge on any atom is 0.268 e. The largest absolute Gasteiger partial charge is 0.756 e. The molecule has 0 aliphatic heterocycles. The van der Waals surface area contributed by atoms with Crippen LogP contribution >= 0.6 is 7.82 Å². The van der Waals surface area contributed by atoms with Crippen LogP contribution in [-0.4, -0.2) is 68.5 Å². The molecule has 9 heteroatoms. The quantitative estimate of drug-likeness (QED) is 0.0272. The van der Waals surface area contributed by atoms with Crippen molar-refractivity contribution in [2.45, 2.75) is 353 Å². The Morgan fingerprint density at radius 1 is 0.466 bits per heavy atom. The van der Waals surface area contributed by atoms with E-state index in [-0.39, 0.29) is 19.1 Å². The molecular formula is C64H129N2O6P. The number of phosphoric acid groups is 1. The second kappa shape index (κ2) is 56.0. The van der Waals surface area contributed by atoms with E-state index in [1.165, 1.54) is 276 Å². The molecule has 0 fully saturated rings. The molecule has 0 saturated carbocycles. The molecule has 0 heterocycles. The summed E-state index contributed by atoms with van der Waals surface area (Å²) >= 11 is 0. The minimum Gasteiger partial charge on any atom is -0.756 e. The number of hydrogen-bond acceptors (Lipinski definition) is 6. The third-order valence-corrected chi connectivity index (χ3v) is 16.2. The van der Waals surface area contributed by atoms with Crippen molar-refractivity contribution in [1.82, 2.24) is 5.32 Å². The summed E-state index contributed by atoms with van der Waals surface area (Å²) in [6, 6.07) is -0.796. The Kier molecular flexibility index (Phi) is 55.4. The predicted octanol–water partition coefficient (Wildman–Crippen LogP) is 19.5. The second-order valence-electron chi connectivity index (χ2n) is 23.8. The van der Waals surface area contributed by atoms with Crippen molar-refractivity contribution < 1.29 is 32.9 Å². The van der Waals surface area contributed by atoms with Crippen molar-refractivity contribution in [3.05, 3.63) is 12.2 Å². The van der Waals surface area contributed by atoms with Crippen LogP contribution in [0.1, 0.15) is 341 Å². The lowest BCUT2D eigenvalue weighted by atomic mass is 10.0. The number of nitrogens with zero attached hydrogens (tertiary/aromatic N) is 1. The molecule has 436 valence electrons. The van der Waals surface area contributed by atoms with Crippen molar-refractivity contribution in [2.24, 2.45) is 0 Å².